The molecule has 0 saturated carbocycles. The molecule has 3 N–H and O–H groups in total. The molecular formula is C23H20ClN3O4S. The predicted molar refractivity (Wildman–Crippen MR) is 123 cm³/mol. The van der Waals surface area contributed by atoms with E-state index in [-0.39, 0.29) is 33.0 Å². The molecule has 7 nitrogen and oxygen atoms in total. The first kappa shape index (κ1) is 21.9. The maximum absolute atomic E-state index is 12.8. The number of amides is 2. The van der Waals surface area contributed by atoms with Crippen LogP contribution >= 0.6 is 11.6 Å². The quantitative estimate of drug-likeness (QED) is 0.507. The van der Waals surface area contributed by atoms with E-state index in [2.05, 4.69) is 15.4 Å². The van der Waals surface area contributed by atoms with Crippen molar-refractivity contribution in [3.05, 3.63) is 88.9 Å². The second-order valence-corrected chi connectivity index (χ2v) is 9.49. The minimum absolute atomic E-state index is 0.00728. The van der Waals surface area contributed by atoms with Gasteiger partial charge in [0.05, 0.1) is 15.6 Å². The standard InChI is InChI=1S/C23H20ClN3O4S/c24-20-9-1-2-10-21(20)27-32(30,31)19-8-4-6-16(12-19)23(29)26-18-7-3-5-15(11-18)17-13-22(28)25-14-17/h1-12,17,27H,13-14H2,(H,25,28)(H,26,29). The van der Waals surface area contributed by atoms with Crippen LogP contribution in [0.1, 0.15) is 28.3 Å². The van der Waals surface area contributed by atoms with E-state index in [0.717, 1.165) is 5.56 Å². The summed E-state index contributed by atoms with van der Waals surface area (Å²) in [5.74, 6) is -0.380. The zero-order valence-corrected chi connectivity index (χ0v) is 18.4. The van der Waals surface area contributed by atoms with Gasteiger partial charge in [0.15, 0.2) is 0 Å². The first-order valence-corrected chi connectivity index (χ1v) is 11.7. The molecule has 1 heterocycles. The second-order valence-electron chi connectivity index (χ2n) is 7.40. The number of hydrogen-bond acceptors (Lipinski definition) is 4. The molecule has 1 fully saturated rings. The van der Waals surface area contributed by atoms with Gasteiger partial charge in [-0.25, -0.2) is 8.42 Å². The Hall–Kier alpha value is -3.36. The van der Waals surface area contributed by atoms with Gasteiger partial charge >= 0.3 is 0 Å². The molecule has 0 spiro atoms. The summed E-state index contributed by atoms with van der Waals surface area (Å²) < 4.78 is 28.0. The number of benzene rings is 3. The van der Waals surface area contributed by atoms with Gasteiger partial charge in [-0.05, 0) is 48.0 Å². The second kappa shape index (κ2) is 9.02. The van der Waals surface area contributed by atoms with Gasteiger partial charge in [-0.1, -0.05) is 41.9 Å². The first-order valence-electron chi connectivity index (χ1n) is 9.87. The van der Waals surface area contributed by atoms with Crippen molar-refractivity contribution in [2.45, 2.75) is 17.2 Å². The lowest BCUT2D eigenvalue weighted by Crippen LogP contribution is -2.16. The predicted octanol–water partition coefficient (Wildman–Crippen LogP) is 4.00. The third kappa shape index (κ3) is 4.92. The topological polar surface area (TPSA) is 104 Å². The van der Waals surface area contributed by atoms with E-state index < -0.39 is 15.9 Å². The highest BCUT2D eigenvalue weighted by molar-refractivity contribution is 7.92. The largest absolute Gasteiger partial charge is 0.355 e. The Morgan fingerprint density at radius 3 is 2.53 bits per heavy atom. The molecular weight excluding hydrogens is 450 g/mol. The molecule has 0 bridgehead atoms. The molecule has 1 unspecified atom stereocenters. The Labute approximate surface area is 190 Å². The summed E-state index contributed by atoms with van der Waals surface area (Å²) in [4.78, 5) is 24.2. The van der Waals surface area contributed by atoms with Gasteiger partial charge in [0, 0.05) is 30.1 Å². The average molecular weight is 470 g/mol. The summed E-state index contributed by atoms with van der Waals surface area (Å²) >= 11 is 6.04. The molecule has 1 aliphatic heterocycles. The van der Waals surface area contributed by atoms with Crippen LogP contribution in [0.3, 0.4) is 0 Å². The number of halogens is 1. The maximum atomic E-state index is 12.8. The van der Waals surface area contributed by atoms with E-state index in [9.17, 15) is 18.0 Å². The van der Waals surface area contributed by atoms with Crippen molar-refractivity contribution < 1.29 is 18.0 Å². The normalized spacial score (nSPS) is 15.8. The number of anilines is 2. The molecule has 1 saturated heterocycles. The van der Waals surface area contributed by atoms with Crippen molar-refractivity contribution in [1.82, 2.24) is 5.32 Å². The fourth-order valence-electron chi connectivity index (χ4n) is 3.47. The SMILES string of the molecule is O=C1CC(c2cccc(NC(=O)c3cccc(S(=O)(=O)Nc4ccccc4Cl)c3)c2)CN1. The van der Waals surface area contributed by atoms with Crippen LogP contribution in [-0.2, 0) is 14.8 Å². The zero-order valence-electron chi connectivity index (χ0n) is 16.8. The van der Waals surface area contributed by atoms with E-state index in [1.54, 1.807) is 30.3 Å². The van der Waals surface area contributed by atoms with E-state index in [1.807, 2.05) is 18.2 Å². The highest BCUT2D eigenvalue weighted by Gasteiger charge is 2.23. The van der Waals surface area contributed by atoms with Crippen LogP contribution in [0.25, 0.3) is 0 Å². The summed E-state index contributed by atoms with van der Waals surface area (Å²) in [5, 5.41) is 5.86. The molecule has 3 aromatic carbocycles. The minimum Gasteiger partial charge on any atom is -0.355 e. The van der Waals surface area contributed by atoms with E-state index in [0.29, 0.717) is 18.7 Å². The summed E-state index contributed by atoms with van der Waals surface area (Å²) in [6.07, 6.45) is 0.412. The lowest BCUT2D eigenvalue weighted by Gasteiger charge is -2.12. The van der Waals surface area contributed by atoms with Crippen LogP contribution in [0.4, 0.5) is 11.4 Å². The van der Waals surface area contributed by atoms with Gasteiger partial charge in [0.25, 0.3) is 15.9 Å². The van der Waals surface area contributed by atoms with Gasteiger partial charge in [-0.2, -0.15) is 0 Å². The number of para-hydroxylation sites is 1. The van der Waals surface area contributed by atoms with Gasteiger partial charge in [-0.3, -0.25) is 14.3 Å². The maximum Gasteiger partial charge on any atom is 0.261 e. The summed E-state index contributed by atoms with van der Waals surface area (Å²) in [5.41, 5.74) is 1.95. The van der Waals surface area contributed by atoms with Gasteiger partial charge < -0.3 is 10.6 Å². The molecule has 0 aromatic heterocycles. The van der Waals surface area contributed by atoms with E-state index >= 15 is 0 Å². The van der Waals surface area contributed by atoms with Crippen LogP contribution in [0.5, 0.6) is 0 Å². The number of carbonyl (C=O) groups is 2. The number of hydrogen-bond donors (Lipinski definition) is 3. The van der Waals surface area contributed by atoms with Crippen molar-refractivity contribution in [2.24, 2.45) is 0 Å². The van der Waals surface area contributed by atoms with E-state index in [4.69, 9.17) is 11.6 Å². The fourth-order valence-corrected chi connectivity index (χ4v) is 4.83. The van der Waals surface area contributed by atoms with E-state index in [1.165, 1.54) is 24.3 Å². The van der Waals surface area contributed by atoms with Crippen LogP contribution < -0.4 is 15.4 Å². The number of rotatable bonds is 6. The molecule has 1 aliphatic rings. The van der Waals surface area contributed by atoms with Crippen molar-refractivity contribution in [3.8, 4) is 0 Å². The van der Waals surface area contributed by atoms with Gasteiger partial charge in [0.1, 0.15) is 0 Å². The van der Waals surface area contributed by atoms with Crippen molar-refractivity contribution in [3.63, 3.8) is 0 Å². The summed E-state index contributed by atoms with van der Waals surface area (Å²) in [6.45, 7) is 0.564. The third-order valence-electron chi connectivity index (χ3n) is 5.12. The van der Waals surface area contributed by atoms with Crippen LogP contribution in [0, 0.1) is 0 Å². The first-order chi connectivity index (χ1) is 15.3. The van der Waals surface area contributed by atoms with Crippen LogP contribution in [-0.4, -0.2) is 26.8 Å². The minimum atomic E-state index is -3.94. The smallest absolute Gasteiger partial charge is 0.261 e. The highest BCUT2D eigenvalue weighted by Crippen LogP contribution is 2.26. The Morgan fingerprint density at radius 1 is 1.00 bits per heavy atom. The lowest BCUT2D eigenvalue weighted by atomic mass is 9.98. The molecule has 9 heteroatoms. The Balaban J connectivity index is 1.51. The molecule has 164 valence electrons. The Kier molecular flexibility index (Phi) is 6.16. The molecule has 4 rings (SSSR count). The molecule has 3 aromatic rings. The molecule has 32 heavy (non-hydrogen) atoms. The van der Waals surface area contributed by atoms with Gasteiger partial charge in [0.2, 0.25) is 5.91 Å². The van der Waals surface area contributed by atoms with Gasteiger partial charge in [-0.15, -0.1) is 0 Å². The van der Waals surface area contributed by atoms with Crippen molar-refractivity contribution >= 4 is 44.8 Å². The van der Waals surface area contributed by atoms with Crippen molar-refractivity contribution in [2.75, 3.05) is 16.6 Å². The number of nitrogens with one attached hydrogen (secondary N) is 3. The van der Waals surface area contributed by atoms with Crippen LogP contribution in [0.15, 0.2) is 77.7 Å². The highest BCUT2D eigenvalue weighted by atomic mass is 35.5. The molecule has 0 aliphatic carbocycles. The Bertz CT molecular complexity index is 1290. The number of carbonyl (C=O) groups excluding carboxylic acids is 2. The summed E-state index contributed by atoms with van der Waals surface area (Å²) in [6, 6.07) is 19.5. The monoisotopic (exact) mass is 469 g/mol. The number of sulfonamides is 1. The molecule has 0 radical (unpaired) electrons. The Morgan fingerprint density at radius 2 is 1.78 bits per heavy atom. The molecule has 1 atom stereocenters. The summed E-state index contributed by atoms with van der Waals surface area (Å²) in [7, 11) is -3.94. The third-order valence-corrected chi connectivity index (χ3v) is 6.81. The average Bonchev–Trinajstić information content (AvgIpc) is 3.22. The molecule has 2 amide bonds. The van der Waals surface area contributed by atoms with Crippen molar-refractivity contribution in [1.29, 1.82) is 0 Å². The zero-order chi connectivity index (χ0) is 22.7. The lowest BCUT2D eigenvalue weighted by molar-refractivity contribution is -0.119. The van der Waals surface area contributed by atoms with Crippen LogP contribution in [0.2, 0.25) is 5.02 Å². The fraction of sp³-hybridized carbons (Fsp3) is 0.130.